The molecule has 0 amide bonds. The molecule has 3 nitrogen and oxygen atoms in total. The third-order valence-corrected chi connectivity index (χ3v) is 5.52. The average Bonchev–Trinajstić information content (AvgIpc) is 3.12. The normalized spacial score (nSPS) is 45.6. The fourth-order valence-corrected chi connectivity index (χ4v) is 4.49. The van der Waals surface area contributed by atoms with E-state index in [0.29, 0.717) is 17.8 Å². The van der Waals surface area contributed by atoms with E-state index < -0.39 is 5.79 Å². The number of rotatable bonds is 4. The SMILES string of the molecule is COC(O)(C1CCC(CO)C1)C1CC2C=CC1C2. The lowest BCUT2D eigenvalue weighted by molar-refractivity contribution is -0.259. The first-order valence-corrected chi connectivity index (χ1v) is 7.24. The molecular weight excluding hydrogens is 228 g/mol. The molecule has 18 heavy (non-hydrogen) atoms. The van der Waals surface area contributed by atoms with Crippen LogP contribution in [0.3, 0.4) is 0 Å². The minimum atomic E-state index is -0.978. The summed E-state index contributed by atoms with van der Waals surface area (Å²) < 4.78 is 5.59. The molecule has 0 heterocycles. The van der Waals surface area contributed by atoms with Gasteiger partial charge in [0, 0.05) is 25.6 Å². The molecular formula is C15H24O3. The maximum Gasteiger partial charge on any atom is 0.171 e. The van der Waals surface area contributed by atoms with E-state index in [2.05, 4.69) is 12.2 Å². The third-order valence-electron chi connectivity index (χ3n) is 5.52. The van der Waals surface area contributed by atoms with Crippen molar-refractivity contribution in [2.75, 3.05) is 13.7 Å². The Hall–Kier alpha value is -0.380. The predicted octanol–water partition coefficient (Wildman–Crippen LogP) is 1.94. The Labute approximate surface area is 109 Å². The molecule has 0 aromatic carbocycles. The van der Waals surface area contributed by atoms with Gasteiger partial charge in [0.25, 0.3) is 0 Å². The zero-order valence-electron chi connectivity index (χ0n) is 11.1. The van der Waals surface area contributed by atoms with E-state index in [-0.39, 0.29) is 18.4 Å². The van der Waals surface area contributed by atoms with Gasteiger partial charge in [0.2, 0.25) is 0 Å². The van der Waals surface area contributed by atoms with Crippen LogP contribution in [-0.2, 0) is 4.74 Å². The summed E-state index contributed by atoms with van der Waals surface area (Å²) in [6.45, 7) is 0.243. The average molecular weight is 252 g/mol. The van der Waals surface area contributed by atoms with Crippen molar-refractivity contribution < 1.29 is 14.9 Å². The van der Waals surface area contributed by atoms with Gasteiger partial charge >= 0.3 is 0 Å². The minimum Gasteiger partial charge on any atom is -0.396 e. The maximum absolute atomic E-state index is 11.0. The van der Waals surface area contributed by atoms with Gasteiger partial charge in [-0.05, 0) is 49.9 Å². The van der Waals surface area contributed by atoms with Crippen molar-refractivity contribution in [1.29, 1.82) is 0 Å². The lowest BCUT2D eigenvalue weighted by Crippen LogP contribution is -2.47. The van der Waals surface area contributed by atoms with E-state index in [1.165, 1.54) is 6.42 Å². The number of ether oxygens (including phenoxy) is 1. The molecule has 2 bridgehead atoms. The Morgan fingerprint density at radius 1 is 1.22 bits per heavy atom. The lowest BCUT2D eigenvalue weighted by atomic mass is 9.78. The van der Waals surface area contributed by atoms with Crippen LogP contribution >= 0.6 is 0 Å². The summed E-state index contributed by atoms with van der Waals surface area (Å²) in [4.78, 5) is 0. The first-order valence-electron chi connectivity index (χ1n) is 7.24. The topological polar surface area (TPSA) is 49.7 Å². The van der Waals surface area contributed by atoms with Crippen molar-refractivity contribution in [3.8, 4) is 0 Å². The van der Waals surface area contributed by atoms with E-state index in [1.807, 2.05) is 0 Å². The molecule has 0 aromatic rings. The molecule has 0 radical (unpaired) electrons. The van der Waals surface area contributed by atoms with Crippen LogP contribution in [0.5, 0.6) is 0 Å². The highest BCUT2D eigenvalue weighted by atomic mass is 16.6. The molecule has 2 saturated carbocycles. The van der Waals surface area contributed by atoms with Gasteiger partial charge in [-0.15, -0.1) is 0 Å². The van der Waals surface area contributed by atoms with E-state index in [9.17, 15) is 10.2 Å². The number of methoxy groups -OCH3 is 1. The van der Waals surface area contributed by atoms with Crippen LogP contribution in [0.25, 0.3) is 0 Å². The zero-order chi connectivity index (χ0) is 12.8. The van der Waals surface area contributed by atoms with Crippen molar-refractivity contribution in [1.82, 2.24) is 0 Å². The summed E-state index contributed by atoms with van der Waals surface area (Å²) in [7, 11) is 1.64. The number of allylic oxidation sites excluding steroid dienone is 2. The van der Waals surface area contributed by atoms with Crippen molar-refractivity contribution in [2.24, 2.45) is 29.6 Å². The number of aliphatic hydroxyl groups excluding tert-OH is 1. The fraction of sp³-hybridized carbons (Fsp3) is 0.867. The van der Waals surface area contributed by atoms with Gasteiger partial charge in [-0.25, -0.2) is 0 Å². The van der Waals surface area contributed by atoms with Gasteiger partial charge in [-0.1, -0.05) is 12.2 Å². The van der Waals surface area contributed by atoms with Crippen LogP contribution in [0.2, 0.25) is 0 Å². The minimum absolute atomic E-state index is 0.192. The highest BCUT2D eigenvalue weighted by Crippen LogP contribution is 2.53. The zero-order valence-corrected chi connectivity index (χ0v) is 11.1. The van der Waals surface area contributed by atoms with Crippen LogP contribution < -0.4 is 0 Å². The summed E-state index contributed by atoms with van der Waals surface area (Å²) >= 11 is 0. The molecule has 3 rings (SSSR count). The fourth-order valence-electron chi connectivity index (χ4n) is 4.49. The number of fused-ring (bicyclic) bond motifs is 2. The second-order valence-electron chi connectivity index (χ2n) is 6.40. The molecule has 3 aliphatic carbocycles. The van der Waals surface area contributed by atoms with Crippen LogP contribution in [0.15, 0.2) is 12.2 Å². The molecule has 0 aromatic heterocycles. The Balaban J connectivity index is 1.76. The lowest BCUT2D eigenvalue weighted by Gasteiger charge is -2.40. The second-order valence-corrected chi connectivity index (χ2v) is 6.40. The van der Waals surface area contributed by atoms with Crippen molar-refractivity contribution in [3.63, 3.8) is 0 Å². The Bertz CT molecular complexity index is 341. The largest absolute Gasteiger partial charge is 0.396 e. The summed E-state index contributed by atoms with van der Waals surface area (Å²) in [5, 5.41) is 20.3. The van der Waals surface area contributed by atoms with Gasteiger partial charge in [0.15, 0.2) is 5.79 Å². The first kappa shape index (κ1) is 12.6. The molecule has 0 aliphatic heterocycles. The standard InChI is InChI=1S/C15H24O3/c1-18-15(17,13-5-3-11(7-13)9-16)14-8-10-2-4-12(14)6-10/h2,4,10-14,16-17H,3,5-9H2,1H3. The van der Waals surface area contributed by atoms with Crippen molar-refractivity contribution in [3.05, 3.63) is 12.2 Å². The van der Waals surface area contributed by atoms with Crippen LogP contribution in [0, 0.1) is 29.6 Å². The number of aliphatic hydroxyl groups is 2. The molecule has 6 atom stereocenters. The molecule has 2 N–H and O–H groups in total. The molecule has 2 fully saturated rings. The van der Waals surface area contributed by atoms with Gasteiger partial charge < -0.3 is 14.9 Å². The monoisotopic (exact) mass is 252 g/mol. The van der Waals surface area contributed by atoms with Gasteiger partial charge in [-0.3, -0.25) is 0 Å². The Morgan fingerprint density at radius 3 is 2.56 bits per heavy atom. The molecule has 0 spiro atoms. The van der Waals surface area contributed by atoms with Gasteiger partial charge in [0.05, 0.1) is 0 Å². The Kier molecular flexibility index (Phi) is 3.25. The first-order chi connectivity index (χ1) is 8.67. The highest BCUT2D eigenvalue weighted by molar-refractivity contribution is 5.13. The highest BCUT2D eigenvalue weighted by Gasteiger charge is 2.53. The van der Waals surface area contributed by atoms with E-state index in [4.69, 9.17) is 4.74 Å². The van der Waals surface area contributed by atoms with Crippen molar-refractivity contribution >= 4 is 0 Å². The quantitative estimate of drug-likeness (QED) is 0.594. The summed E-state index contributed by atoms with van der Waals surface area (Å²) in [6.07, 6.45) is 9.71. The number of hydrogen-bond donors (Lipinski definition) is 2. The third kappa shape index (κ3) is 1.84. The number of hydrogen-bond acceptors (Lipinski definition) is 3. The summed E-state index contributed by atoms with van der Waals surface area (Å²) in [5.41, 5.74) is 0. The van der Waals surface area contributed by atoms with Crippen LogP contribution in [0.4, 0.5) is 0 Å². The molecule has 3 heteroatoms. The molecule has 6 unspecified atom stereocenters. The van der Waals surface area contributed by atoms with E-state index >= 15 is 0 Å². The second kappa shape index (κ2) is 4.62. The summed E-state index contributed by atoms with van der Waals surface area (Å²) in [6, 6.07) is 0. The molecule has 102 valence electrons. The van der Waals surface area contributed by atoms with Crippen LogP contribution in [-0.4, -0.2) is 29.7 Å². The van der Waals surface area contributed by atoms with E-state index in [1.54, 1.807) is 7.11 Å². The van der Waals surface area contributed by atoms with Gasteiger partial charge in [0.1, 0.15) is 0 Å². The predicted molar refractivity (Wildman–Crippen MR) is 68.7 cm³/mol. The Morgan fingerprint density at radius 2 is 2.06 bits per heavy atom. The summed E-state index contributed by atoms with van der Waals surface area (Å²) in [5.74, 6) is 0.960. The van der Waals surface area contributed by atoms with E-state index in [0.717, 1.165) is 25.7 Å². The maximum atomic E-state index is 11.0. The van der Waals surface area contributed by atoms with Crippen molar-refractivity contribution in [2.45, 2.75) is 37.9 Å². The van der Waals surface area contributed by atoms with Gasteiger partial charge in [-0.2, -0.15) is 0 Å². The smallest absolute Gasteiger partial charge is 0.171 e. The molecule has 0 saturated heterocycles. The van der Waals surface area contributed by atoms with Crippen LogP contribution in [0.1, 0.15) is 32.1 Å². The molecule has 3 aliphatic rings.